The molecule has 1 fully saturated rings. The first-order chi connectivity index (χ1) is 8.08. The van der Waals surface area contributed by atoms with Gasteiger partial charge in [-0.25, -0.2) is 9.48 Å². The second-order valence-corrected chi connectivity index (χ2v) is 3.61. The van der Waals surface area contributed by atoms with Crippen LogP contribution in [0.15, 0.2) is 6.20 Å². The van der Waals surface area contributed by atoms with E-state index in [1.807, 2.05) is 0 Å². The van der Waals surface area contributed by atoms with Gasteiger partial charge in [0.1, 0.15) is 0 Å². The summed E-state index contributed by atoms with van der Waals surface area (Å²) >= 11 is 0. The van der Waals surface area contributed by atoms with Crippen LogP contribution in [-0.4, -0.2) is 49.3 Å². The number of rotatable bonds is 4. The minimum absolute atomic E-state index is 0.163. The third-order valence-electron chi connectivity index (χ3n) is 2.47. The summed E-state index contributed by atoms with van der Waals surface area (Å²) in [5, 5.41) is 15.6. The molecule has 0 bridgehead atoms. The summed E-state index contributed by atoms with van der Waals surface area (Å²) in [5.74, 6) is -1.56. The molecule has 1 aliphatic heterocycles. The lowest BCUT2D eigenvalue weighted by Crippen LogP contribution is -2.32. The van der Waals surface area contributed by atoms with E-state index < -0.39 is 5.97 Å². The fourth-order valence-electron chi connectivity index (χ4n) is 1.58. The predicted molar refractivity (Wildman–Crippen MR) is 52.9 cm³/mol. The number of hydrogen-bond donors (Lipinski definition) is 1. The molecule has 2 heterocycles. The standard InChI is InChI=1S/C9H10N4O4/c14-7-1-2-8(15)13(7)4-3-12-5-6(9(16)17)10-11-12/h5H,1-4H2,(H,16,17). The smallest absolute Gasteiger partial charge is 0.358 e. The Morgan fingerprint density at radius 1 is 1.29 bits per heavy atom. The number of aromatic carboxylic acids is 1. The quantitative estimate of drug-likeness (QED) is 0.683. The Hall–Kier alpha value is -2.25. The molecule has 1 N–H and O–H groups in total. The number of aromatic nitrogens is 3. The molecule has 1 saturated heterocycles. The number of carboxylic acid groups (broad SMARTS) is 1. The van der Waals surface area contributed by atoms with E-state index in [4.69, 9.17) is 5.11 Å². The van der Waals surface area contributed by atoms with Gasteiger partial charge in [-0.2, -0.15) is 0 Å². The van der Waals surface area contributed by atoms with Gasteiger partial charge < -0.3 is 5.11 Å². The largest absolute Gasteiger partial charge is 0.476 e. The predicted octanol–water partition coefficient (Wildman–Crippen LogP) is -0.875. The highest BCUT2D eigenvalue weighted by molar-refractivity contribution is 6.01. The van der Waals surface area contributed by atoms with Gasteiger partial charge in [0.15, 0.2) is 5.69 Å². The maximum atomic E-state index is 11.3. The van der Waals surface area contributed by atoms with Gasteiger partial charge >= 0.3 is 5.97 Å². The summed E-state index contributed by atoms with van der Waals surface area (Å²) in [6.45, 7) is 0.442. The van der Waals surface area contributed by atoms with Crippen LogP contribution in [0, 0.1) is 0 Å². The monoisotopic (exact) mass is 238 g/mol. The first-order valence-corrected chi connectivity index (χ1v) is 5.04. The molecule has 90 valence electrons. The summed E-state index contributed by atoms with van der Waals surface area (Å²) in [5.41, 5.74) is -0.163. The molecular weight excluding hydrogens is 228 g/mol. The van der Waals surface area contributed by atoms with Crippen molar-refractivity contribution in [3.63, 3.8) is 0 Å². The van der Waals surface area contributed by atoms with Crippen LogP contribution in [0.5, 0.6) is 0 Å². The molecule has 0 unspecified atom stereocenters. The van der Waals surface area contributed by atoms with E-state index in [1.165, 1.54) is 10.9 Å². The molecule has 0 aliphatic carbocycles. The number of likely N-dealkylation sites (tertiary alicyclic amines) is 1. The van der Waals surface area contributed by atoms with Crippen LogP contribution < -0.4 is 0 Å². The molecule has 0 spiro atoms. The molecule has 8 nitrogen and oxygen atoms in total. The Labute approximate surface area is 95.8 Å². The highest BCUT2D eigenvalue weighted by atomic mass is 16.4. The van der Waals surface area contributed by atoms with Crippen molar-refractivity contribution in [1.82, 2.24) is 19.9 Å². The summed E-state index contributed by atoms with van der Waals surface area (Å²) in [4.78, 5) is 34.3. The van der Waals surface area contributed by atoms with Crippen molar-refractivity contribution in [2.45, 2.75) is 19.4 Å². The van der Waals surface area contributed by atoms with Crippen LogP contribution in [0.4, 0.5) is 0 Å². The molecule has 17 heavy (non-hydrogen) atoms. The Kier molecular flexibility index (Phi) is 2.86. The molecule has 0 atom stereocenters. The van der Waals surface area contributed by atoms with Crippen molar-refractivity contribution >= 4 is 17.8 Å². The zero-order valence-corrected chi connectivity index (χ0v) is 8.87. The van der Waals surface area contributed by atoms with E-state index in [2.05, 4.69) is 10.3 Å². The van der Waals surface area contributed by atoms with Crippen molar-refractivity contribution < 1.29 is 19.5 Å². The third kappa shape index (κ3) is 2.30. The highest BCUT2D eigenvalue weighted by Gasteiger charge is 2.28. The van der Waals surface area contributed by atoms with Gasteiger partial charge in [-0.15, -0.1) is 5.10 Å². The lowest BCUT2D eigenvalue weighted by atomic mass is 10.4. The molecule has 1 aromatic heterocycles. The zero-order valence-electron chi connectivity index (χ0n) is 8.87. The number of carbonyl (C=O) groups excluding carboxylic acids is 2. The third-order valence-corrected chi connectivity index (χ3v) is 2.47. The first-order valence-electron chi connectivity index (χ1n) is 5.04. The number of amides is 2. The van der Waals surface area contributed by atoms with E-state index in [9.17, 15) is 14.4 Å². The Morgan fingerprint density at radius 2 is 1.94 bits per heavy atom. The van der Waals surface area contributed by atoms with E-state index in [0.717, 1.165) is 4.90 Å². The maximum Gasteiger partial charge on any atom is 0.358 e. The molecule has 2 amide bonds. The summed E-state index contributed by atoms with van der Waals surface area (Å²) in [6, 6.07) is 0. The normalized spacial score (nSPS) is 15.6. The average molecular weight is 238 g/mol. The van der Waals surface area contributed by atoms with Crippen molar-refractivity contribution in [3.8, 4) is 0 Å². The Balaban J connectivity index is 1.95. The van der Waals surface area contributed by atoms with Crippen LogP contribution in [0.2, 0.25) is 0 Å². The highest BCUT2D eigenvalue weighted by Crippen LogP contribution is 2.11. The van der Waals surface area contributed by atoms with E-state index in [-0.39, 0.29) is 43.4 Å². The Bertz CT molecular complexity index is 465. The van der Waals surface area contributed by atoms with Gasteiger partial charge in [-0.05, 0) is 0 Å². The van der Waals surface area contributed by atoms with Crippen LogP contribution in [0.3, 0.4) is 0 Å². The Morgan fingerprint density at radius 3 is 2.47 bits per heavy atom. The van der Waals surface area contributed by atoms with Gasteiger partial charge in [0.25, 0.3) is 0 Å². The average Bonchev–Trinajstić information content (AvgIpc) is 2.85. The molecule has 8 heteroatoms. The van der Waals surface area contributed by atoms with E-state index in [0.29, 0.717) is 0 Å². The van der Waals surface area contributed by atoms with Crippen molar-refractivity contribution in [2.75, 3.05) is 6.54 Å². The molecule has 0 saturated carbocycles. The zero-order chi connectivity index (χ0) is 12.4. The fourth-order valence-corrected chi connectivity index (χ4v) is 1.58. The van der Waals surface area contributed by atoms with Gasteiger partial charge in [-0.1, -0.05) is 5.21 Å². The maximum absolute atomic E-state index is 11.3. The second kappa shape index (κ2) is 4.32. The molecule has 2 rings (SSSR count). The van der Waals surface area contributed by atoms with Crippen molar-refractivity contribution in [3.05, 3.63) is 11.9 Å². The molecular formula is C9H10N4O4. The number of carboxylic acids is 1. The summed E-state index contributed by atoms with van der Waals surface area (Å²) in [6.07, 6.45) is 1.75. The van der Waals surface area contributed by atoms with Gasteiger partial charge in [0, 0.05) is 19.4 Å². The van der Waals surface area contributed by atoms with Crippen molar-refractivity contribution in [2.24, 2.45) is 0 Å². The summed E-state index contributed by atoms with van der Waals surface area (Å²) in [7, 11) is 0. The number of carbonyl (C=O) groups is 3. The first kappa shape index (κ1) is 11.2. The minimum Gasteiger partial charge on any atom is -0.476 e. The van der Waals surface area contributed by atoms with Crippen molar-refractivity contribution in [1.29, 1.82) is 0 Å². The molecule has 1 aromatic rings. The van der Waals surface area contributed by atoms with Crippen LogP contribution >= 0.6 is 0 Å². The van der Waals surface area contributed by atoms with Gasteiger partial charge in [0.05, 0.1) is 12.7 Å². The number of imide groups is 1. The lowest BCUT2D eigenvalue weighted by molar-refractivity contribution is -0.138. The molecule has 0 radical (unpaired) electrons. The van der Waals surface area contributed by atoms with Crippen LogP contribution in [0.25, 0.3) is 0 Å². The van der Waals surface area contributed by atoms with Gasteiger partial charge in [-0.3, -0.25) is 14.5 Å². The van der Waals surface area contributed by atoms with E-state index >= 15 is 0 Å². The molecule has 1 aliphatic rings. The van der Waals surface area contributed by atoms with Gasteiger partial charge in [0.2, 0.25) is 11.8 Å². The summed E-state index contributed by atoms with van der Waals surface area (Å²) < 4.78 is 1.29. The van der Waals surface area contributed by atoms with E-state index in [1.54, 1.807) is 0 Å². The minimum atomic E-state index is -1.16. The molecule has 0 aromatic carbocycles. The second-order valence-electron chi connectivity index (χ2n) is 3.61. The topological polar surface area (TPSA) is 105 Å². The van der Waals surface area contributed by atoms with Crippen LogP contribution in [0.1, 0.15) is 23.3 Å². The number of nitrogens with zero attached hydrogens (tertiary/aromatic N) is 4. The number of hydrogen-bond acceptors (Lipinski definition) is 5. The lowest BCUT2D eigenvalue weighted by Gasteiger charge is -2.12. The fraction of sp³-hybridized carbons (Fsp3) is 0.444. The SMILES string of the molecule is O=C(O)c1cn(CCN2C(=O)CCC2=O)nn1. The van der Waals surface area contributed by atoms with Crippen LogP contribution in [-0.2, 0) is 16.1 Å².